The Morgan fingerprint density at radius 1 is 1.14 bits per heavy atom. The van der Waals surface area contributed by atoms with Crippen molar-refractivity contribution in [3.05, 3.63) is 41.2 Å². The van der Waals surface area contributed by atoms with Crippen molar-refractivity contribution < 1.29 is 36.2 Å². The van der Waals surface area contributed by atoms with E-state index in [0.29, 0.717) is 17.9 Å². The van der Waals surface area contributed by atoms with Gasteiger partial charge in [0.05, 0.1) is 17.4 Å². The Morgan fingerprint density at radius 3 is 2.37 bits per heavy atom. The third-order valence-corrected chi connectivity index (χ3v) is 5.88. The van der Waals surface area contributed by atoms with Gasteiger partial charge in [-0.15, -0.1) is 0 Å². The molecule has 2 aromatic rings. The summed E-state index contributed by atoms with van der Waals surface area (Å²) in [6.07, 6.45) is 3.89. The van der Waals surface area contributed by atoms with Crippen LogP contribution in [0.1, 0.15) is 37.8 Å². The van der Waals surface area contributed by atoms with Crippen LogP contribution in [0.5, 0.6) is 17.5 Å². The van der Waals surface area contributed by atoms with E-state index in [9.17, 15) is 22.0 Å². The molecule has 0 bridgehead atoms. The quantitative estimate of drug-likeness (QED) is 0.503. The standard InChI is InChI=1S/C19H23F2N3O4S.C4H8O2/c1-12-18(27-14-3-6-22-7-4-14)23-11-24-19(12)28-17-10-15(20)13(9-16(17)21)5-8-29(2,25)26;1-4(2)6-3-5/h9-11,14,22H,3-8H2,1-2H3;3-4H,1-2H3. The Balaban J connectivity index is 0.000000641. The monoisotopic (exact) mass is 515 g/mol. The SMILES string of the molecule is CC(C)OC=O.Cc1c(Oc2cc(F)c(CCS(C)(=O)=O)cc2F)ncnc1OC1CCNCC1. The molecule has 1 aliphatic rings. The molecule has 194 valence electrons. The van der Waals surface area contributed by atoms with E-state index in [1.54, 1.807) is 20.8 Å². The Hall–Kier alpha value is -2.86. The molecule has 1 aromatic heterocycles. The molecule has 0 amide bonds. The van der Waals surface area contributed by atoms with Gasteiger partial charge in [0, 0.05) is 12.3 Å². The zero-order chi connectivity index (χ0) is 26.0. The van der Waals surface area contributed by atoms with Crippen LogP contribution in [0.4, 0.5) is 8.78 Å². The van der Waals surface area contributed by atoms with Gasteiger partial charge in [-0.2, -0.15) is 0 Å². The number of hydrogen-bond acceptors (Lipinski definition) is 9. The first kappa shape index (κ1) is 28.4. The summed E-state index contributed by atoms with van der Waals surface area (Å²) in [6.45, 7) is 7.44. The van der Waals surface area contributed by atoms with E-state index in [0.717, 1.165) is 44.3 Å². The van der Waals surface area contributed by atoms with Gasteiger partial charge in [0.1, 0.15) is 28.1 Å². The molecule has 3 rings (SSSR count). The number of sulfone groups is 1. The number of aromatic nitrogens is 2. The predicted molar refractivity (Wildman–Crippen MR) is 125 cm³/mol. The maximum atomic E-state index is 14.4. The van der Waals surface area contributed by atoms with E-state index in [1.165, 1.54) is 6.33 Å². The largest absolute Gasteiger partial charge is 0.474 e. The summed E-state index contributed by atoms with van der Waals surface area (Å²) < 4.78 is 67.0. The Kier molecular flexibility index (Phi) is 10.8. The van der Waals surface area contributed by atoms with Crippen LogP contribution in [-0.4, -0.2) is 62.2 Å². The Morgan fingerprint density at radius 2 is 1.80 bits per heavy atom. The van der Waals surface area contributed by atoms with E-state index in [2.05, 4.69) is 20.0 Å². The maximum Gasteiger partial charge on any atom is 0.293 e. The molecule has 0 atom stereocenters. The van der Waals surface area contributed by atoms with Crippen molar-refractivity contribution in [3.63, 3.8) is 0 Å². The first-order chi connectivity index (χ1) is 16.5. The molecule has 0 saturated carbocycles. The Labute approximate surface area is 204 Å². The molecule has 1 fully saturated rings. The highest BCUT2D eigenvalue weighted by molar-refractivity contribution is 7.90. The van der Waals surface area contributed by atoms with Crippen LogP contribution >= 0.6 is 0 Å². The fourth-order valence-corrected chi connectivity index (χ4v) is 3.65. The van der Waals surface area contributed by atoms with Crippen molar-refractivity contribution in [2.45, 2.75) is 52.2 Å². The van der Waals surface area contributed by atoms with Crippen LogP contribution in [0, 0.1) is 18.6 Å². The molecule has 9 nitrogen and oxygen atoms in total. The summed E-state index contributed by atoms with van der Waals surface area (Å²) in [5.41, 5.74) is 0.446. The lowest BCUT2D eigenvalue weighted by atomic mass is 10.1. The zero-order valence-electron chi connectivity index (χ0n) is 20.2. The highest BCUT2D eigenvalue weighted by Crippen LogP contribution is 2.31. The number of ether oxygens (including phenoxy) is 3. The second-order valence-electron chi connectivity index (χ2n) is 8.31. The van der Waals surface area contributed by atoms with Crippen molar-refractivity contribution in [2.24, 2.45) is 0 Å². The van der Waals surface area contributed by atoms with E-state index in [1.807, 2.05) is 0 Å². The molecule has 1 saturated heterocycles. The molecule has 0 aliphatic carbocycles. The molecule has 1 N–H and O–H groups in total. The predicted octanol–water partition coefficient (Wildman–Crippen LogP) is 3.14. The Bertz CT molecular complexity index is 1090. The average Bonchev–Trinajstić information content (AvgIpc) is 2.78. The average molecular weight is 516 g/mol. The van der Waals surface area contributed by atoms with Crippen LogP contribution < -0.4 is 14.8 Å². The van der Waals surface area contributed by atoms with E-state index < -0.39 is 21.5 Å². The van der Waals surface area contributed by atoms with Crippen LogP contribution in [0.15, 0.2) is 18.5 Å². The maximum absolute atomic E-state index is 14.4. The number of carbonyl (C=O) groups excluding carboxylic acids is 1. The number of rotatable bonds is 9. The number of halogens is 2. The van der Waals surface area contributed by atoms with Crippen LogP contribution in [0.25, 0.3) is 0 Å². The van der Waals surface area contributed by atoms with Gasteiger partial charge in [-0.3, -0.25) is 4.79 Å². The topological polar surface area (TPSA) is 117 Å². The minimum absolute atomic E-state index is 0.0148. The molecule has 1 aliphatic heterocycles. The number of hydrogen-bond donors (Lipinski definition) is 1. The van der Waals surface area contributed by atoms with Gasteiger partial charge >= 0.3 is 0 Å². The molecular formula is C23H31F2N3O6S. The highest BCUT2D eigenvalue weighted by atomic mass is 32.2. The molecule has 12 heteroatoms. The van der Waals surface area contributed by atoms with Crippen LogP contribution in [0.2, 0.25) is 0 Å². The molecule has 1 aromatic carbocycles. The molecule has 35 heavy (non-hydrogen) atoms. The van der Waals surface area contributed by atoms with Gasteiger partial charge in [-0.25, -0.2) is 27.2 Å². The highest BCUT2D eigenvalue weighted by Gasteiger charge is 2.20. The number of nitrogens with one attached hydrogen (secondary N) is 1. The fraction of sp³-hybridized carbons (Fsp3) is 0.522. The van der Waals surface area contributed by atoms with Gasteiger partial charge in [-0.05, 0) is 64.8 Å². The smallest absolute Gasteiger partial charge is 0.293 e. The minimum atomic E-state index is -3.29. The number of piperidine rings is 1. The summed E-state index contributed by atoms with van der Waals surface area (Å²) >= 11 is 0. The third kappa shape index (κ3) is 9.73. The zero-order valence-corrected chi connectivity index (χ0v) is 21.0. The minimum Gasteiger partial charge on any atom is -0.474 e. The summed E-state index contributed by atoms with van der Waals surface area (Å²) in [4.78, 5) is 17.5. The number of benzene rings is 1. The van der Waals surface area contributed by atoms with Crippen LogP contribution in [-0.2, 0) is 25.8 Å². The van der Waals surface area contributed by atoms with Crippen molar-refractivity contribution >= 4 is 16.3 Å². The molecule has 0 spiro atoms. The number of carbonyl (C=O) groups is 1. The normalized spacial score (nSPS) is 14.1. The van der Waals surface area contributed by atoms with Crippen LogP contribution in [0.3, 0.4) is 0 Å². The van der Waals surface area contributed by atoms with Gasteiger partial charge < -0.3 is 19.5 Å². The second kappa shape index (κ2) is 13.3. The van der Waals surface area contributed by atoms with Crippen molar-refractivity contribution in [3.8, 4) is 17.5 Å². The second-order valence-corrected chi connectivity index (χ2v) is 10.6. The van der Waals surface area contributed by atoms with Gasteiger partial charge in [0.15, 0.2) is 11.6 Å². The fourth-order valence-electron chi connectivity index (χ4n) is 3.06. The number of nitrogens with zero attached hydrogens (tertiary/aromatic N) is 2. The van der Waals surface area contributed by atoms with Gasteiger partial charge in [0.2, 0.25) is 11.8 Å². The van der Waals surface area contributed by atoms with Crippen molar-refractivity contribution in [2.75, 3.05) is 25.1 Å². The lowest BCUT2D eigenvalue weighted by molar-refractivity contribution is -0.131. The summed E-state index contributed by atoms with van der Waals surface area (Å²) in [5.74, 6) is -1.78. The molecular weight excluding hydrogens is 484 g/mol. The first-order valence-corrected chi connectivity index (χ1v) is 13.2. The van der Waals surface area contributed by atoms with E-state index >= 15 is 0 Å². The first-order valence-electron chi connectivity index (χ1n) is 11.1. The summed E-state index contributed by atoms with van der Waals surface area (Å²) in [6, 6.07) is 1.83. The lowest BCUT2D eigenvalue weighted by Crippen LogP contribution is -2.34. The summed E-state index contributed by atoms with van der Waals surface area (Å²) in [5, 5.41) is 3.24. The van der Waals surface area contributed by atoms with E-state index in [4.69, 9.17) is 9.47 Å². The summed E-state index contributed by atoms with van der Waals surface area (Å²) in [7, 11) is -3.29. The van der Waals surface area contributed by atoms with Crippen molar-refractivity contribution in [1.29, 1.82) is 0 Å². The number of aryl methyl sites for hydroxylation is 1. The van der Waals surface area contributed by atoms with Crippen molar-refractivity contribution in [1.82, 2.24) is 15.3 Å². The molecule has 2 heterocycles. The van der Waals surface area contributed by atoms with Gasteiger partial charge in [-0.1, -0.05) is 0 Å². The molecule has 0 radical (unpaired) electrons. The third-order valence-electron chi connectivity index (χ3n) is 4.93. The van der Waals surface area contributed by atoms with Gasteiger partial charge in [0.25, 0.3) is 6.47 Å². The molecule has 0 unspecified atom stereocenters. The lowest BCUT2D eigenvalue weighted by Gasteiger charge is -2.24. The van der Waals surface area contributed by atoms with E-state index in [-0.39, 0.29) is 41.6 Å².